The number of hydrogen-bond acceptors (Lipinski definition) is 3. The van der Waals surface area contributed by atoms with Gasteiger partial charge in [-0.15, -0.1) is 0 Å². The number of piperazine rings is 1. The van der Waals surface area contributed by atoms with E-state index < -0.39 is 5.91 Å². The predicted molar refractivity (Wildman–Crippen MR) is 91.7 cm³/mol. The van der Waals surface area contributed by atoms with E-state index in [0.29, 0.717) is 24.3 Å². The van der Waals surface area contributed by atoms with E-state index in [9.17, 15) is 9.59 Å². The molecule has 0 radical (unpaired) electrons. The van der Waals surface area contributed by atoms with E-state index in [2.05, 4.69) is 35.0 Å². The number of aromatic nitrogens is 1. The second-order valence-electron chi connectivity index (χ2n) is 6.16. The fourth-order valence-corrected chi connectivity index (χ4v) is 2.97. The largest absolute Gasteiger partial charge is 0.366 e. The van der Waals surface area contributed by atoms with Gasteiger partial charge in [-0.1, -0.05) is 24.3 Å². The summed E-state index contributed by atoms with van der Waals surface area (Å²) in [4.78, 5) is 30.6. The molecule has 6 nitrogen and oxygen atoms in total. The number of hydrogen-bond donors (Lipinski definition) is 2. The Kier molecular flexibility index (Phi) is 4.66. The molecule has 1 aliphatic heterocycles. The highest BCUT2D eigenvalue weighted by molar-refractivity contribution is 5.98. The molecule has 1 aromatic carbocycles. The molecular formula is C18H22N4O2. The molecule has 6 heteroatoms. The summed E-state index contributed by atoms with van der Waals surface area (Å²) in [6, 6.07) is 9.90. The highest BCUT2D eigenvalue weighted by atomic mass is 16.2. The van der Waals surface area contributed by atoms with Crippen LogP contribution in [0.4, 0.5) is 0 Å². The second-order valence-corrected chi connectivity index (χ2v) is 6.16. The molecule has 1 saturated heterocycles. The molecule has 0 aliphatic carbocycles. The fourth-order valence-electron chi connectivity index (χ4n) is 2.97. The minimum atomic E-state index is -0.534. The SMILES string of the molecule is Cc1ccccc1CN1CCN(C(=O)c2cc(C(N)=O)c[nH]2)CC1. The van der Waals surface area contributed by atoms with Crippen LogP contribution in [0.2, 0.25) is 0 Å². The number of primary amides is 1. The Labute approximate surface area is 141 Å². The van der Waals surface area contributed by atoms with Crippen molar-refractivity contribution in [1.29, 1.82) is 0 Å². The number of nitrogens with zero attached hydrogens (tertiary/aromatic N) is 2. The van der Waals surface area contributed by atoms with Crippen LogP contribution in [0.15, 0.2) is 36.5 Å². The van der Waals surface area contributed by atoms with Crippen molar-refractivity contribution in [3.05, 3.63) is 58.9 Å². The normalized spacial score (nSPS) is 15.5. The summed E-state index contributed by atoms with van der Waals surface area (Å²) in [5.41, 5.74) is 8.58. The van der Waals surface area contributed by atoms with Gasteiger partial charge in [0.1, 0.15) is 5.69 Å². The monoisotopic (exact) mass is 326 g/mol. The number of benzene rings is 1. The number of carbonyl (C=O) groups excluding carboxylic acids is 2. The Morgan fingerprint density at radius 2 is 1.88 bits per heavy atom. The van der Waals surface area contributed by atoms with Crippen molar-refractivity contribution in [3.63, 3.8) is 0 Å². The van der Waals surface area contributed by atoms with Crippen LogP contribution >= 0.6 is 0 Å². The van der Waals surface area contributed by atoms with E-state index in [4.69, 9.17) is 5.73 Å². The van der Waals surface area contributed by atoms with Crippen LogP contribution in [-0.2, 0) is 6.54 Å². The summed E-state index contributed by atoms with van der Waals surface area (Å²) in [5.74, 6) is -0.619. The number of nitrogens with one attached hydrogen (secondary N) is 1. The first-order valence-electron chi connectivity index (χ1n) is 8.09. The van der Waals surface area contributed by atoms with Gasteiger partial charge in [-0.2, -0.15) is 0 Å². The average Bonchev–Trinajstić information content (AvgIpc) is 3.07. The van der Waals surface area contributed by atoms with E-state index in [-0.39, 0.29) is 5.91 Å². The van der Waals surface area contributed by atoms with Crippen LogP contribution in [-0.4, -0.2) is 52.8 Å². The lowest BCUT2D eigenvalue weighted by Crippen LogP contribution is -2.48. The average molecular weight is 326 g/mol. The summed E-state index contributed by atoms with van der Waals surface area (Å²) in [5, 5.41) is 0. The van der Waals surface area contributed by atoms with E-state index in [0.717, 1.165) is 19.6 Å². The lowest BCUT2D eigenvalue weighted by atomic mass is 10.1. The number of H-pyrrole nitrogens is 1. The van der Waals surface area contributed by atoms with Crippen LogP contribution in [0.3, 0.4) is 0 Å². The zero-order chi connectivity index (χ0) is 17.1. The van der Waals surface area contributed by atoms with E-state index in [1.54, 1.807) is 0 Å². The minimum absolute atomic E-state index is 0.0851. The van der Waals surface area contributed by atoms with Crippen LogP contribution in [0.25, 0.3) is 0 Å². The van der Waals surface area contributed by atoms with Gasteiger partial charge in [0.15, 0.2) is 0 Å². The fraction of sp³-hybridized carbons (Fsp3) is 0.333. The quantitative estimate of drug-likeness (QED) is 0.890. The molecule has 2 heterocycles. The number of rotatable bonds is 4. The maximum atomic E-state index is 12.5. The summed E-state index contributed by atoms with van der Waals surface area (Å²) in [6.45, 7) is 6.05. The molecule has 1 aromatic heterocycles. The molecule has 24 heavy (non-hydrogen) atoms. The standard InChI is InChI=1S/C18H22N4O2/c1-13-4-2-3-5-14(13)12-21-6-8-22(9-7-21)18(24)16-10-15(11-20-16)17(19)23/h2-5,10-11,20H,6-9,12H2,1H3,(H2,19,23). The minimum Gasteiger partial charge on any atom is -0.366 e. The molecule has 0 unspecified atom stereocenters. The van der Waals surface area contributed by atoms with Crippen molar-refractivity contribution in [2.75, 3.05) is 26.2 Å². The van der Waals surface area contributed by atoms with Gasteiger partial charge < -0.3 is 15.6 Å². The topological polar surface area (TPSA) is 82.4 Å². The van der Waals surface area contributed by atoms with E-state index >= 15 is 0 Å². The van der Waals surface area contributed by atoms with Gasteiger partial charge in [-0.05, 0) is 24.1 Å². The predicted octanol–water partition coefficient (Wildman–Crippen LogP) is 1.38. The molecule has 0 spiro atoms. The van der Waals surface area contributed by atoms with Gasteiger partial charge >= 0.3 is 0 Å². The summed E-state index contributed by atoms with van der Waals surface area (Å²) < 4.78 is 0. The molecule has 3 N–H and O–H groups in total. The maximum absolute atomic E-state index is 12.5. The Bertz CT molecular complexity index is 745. The smallest absolute Gasteiger partial charge is 0.270 e. The molecule has 0 atom stereocenters. The maximum Gasteiger partial charge on any atom is 0.270 e. The van der Waals surface area contributed by atoms with Crippen molar-refractivity contribution in [1.82, 2.24) is 14.8 Å². The Morgan fingerprint density at radius 1 is 1.17 bits per heavy atom. The van der Waals surface area contributed by atoms with Gasteiger partial charge in [0.05, 0.1) is 5.56 Å². The van der Waals surface area contributed by atoms with Crippen molar-refractivity contribution >= 4 is 11.8 Å². The van der Waals surface area contributed by atoms with Gasteiger partial charge in [0.25, 0.3) is 5.91 Å². The molecule has 2 amide bonds. The van der Waals surface area contributed by atoms with E-state index in [1.165, 1.54) is 23.4 Å². The second kappa shape index (κ2) is 6.88. The molecule has 126 valence electrons. The first-order chi connectivity index (χ1) is 11.5. The van der Waals surface area contributed by atoms with Crippen molar-refractivity contribution in [2.45, 2.75) is 13.5 Å². The summed E-state index contributed by atoms with van der Waals surface area (Å²) in [7, 11) is 0. The number of nitrogens with two attached hydrogens (primary N) is 1. The first-order valence-corrected chi connectivity index (χ1v) is 8.09. The van der Waals surface area contributed by atoms with Crippen molar-refractivity contribution < 1.29 is 9.59 Å². The third-order valence-electron chi connectivity index (χ3n) is 4.51. The highest BCUT2D eigenvalue weighted by Gasteiger charge is 2.23. The van der Waals surface area contributed by atoms with Crippen LogP contribution in [0.5, 0.6) is 0 Å². The Hall–Kier alpha value is -2.60. The number of amides is 2. The molecular weight excluding hydrogens is 304 g/mol. The van der Waals surface area contributed by atoms with Crippen molar-refractivity contribution in [2.24, 2.45) is 5.73 Å². The van der Waals surface area contributed by atoms with E-state index in [1.807, 2.05) is 11.0 Å². The number of aryl methyl sites for hydroxylation is 1. The summed E-state index contributed by atoms with van der Waals surface area (Å²) >= 11 is 0. The lowest BCUT2D eigenvalue weighted by Gasteiger charge is -2.34. The molecule has 3 rings (SSSR count). The molecule has 0 saturated carbocycles. The number of carbonyl (C=O) groups is 2. The Balaban J connectivity index is 1.57. The summed E-state index contributed by atoms with van der Waals surface area (Å²) in [6.07, 6.45) is 1.48. The third kappa shape index (κ3) is 3.49. The third-order valence-corrected chi connectivity index (χ3v) is 4.51. The van der Waals surface area contributed by atoms with Crippen molar-refractivity contribution in [3.8, 4) is 0 Å². The van der Waals surface area contributed by atoms with Gasteiger partial charge in [-0.3, -0.25) is 14.5 Å². The molecule has 1 fully saturated rings. The number of aromatic amines is 1. The first kappa shape index (κ1) is 16.3. The van der Waals surface area contributed by atoms with Gasteiger partial charge in [0.2, 0.25) is 5.91 Å². The van der Waals surface area contributed by atoms with Gasteiger partial charge in [-0.25, -0.2) is 0 Å². The lowest BCUT2D eigenvalue weighted by molar-refractivity contribution is 0.0623. The van der Waals surface area contributed by atoms with Crippen LogP contribution in [0, 0.1) is 6.92 Å². The molecule has 1 aliphatic rings. The molecule has 2 aromatic rings. The highest BCUT2D eigenvalue weighted by Crippen LogP contribution is 2.14. The van der Waals surface area contributed by atoms with Crippen LogP contribution < -0.4 is 5.73 Å². The zero-order valence-corrected chi connectivity index (χ0v) is 13.8. The van der Waals surface area contributed by atoms with Gasteiger partial charge in [0, 0.05) is 38.9 Å². The van der Waals surface area contributed by atoms with Crippen LogP contribution in [0.1, 0.15) is 32.0 Å². The Morgan fingerprint density at radius 3 is 2.50 bits per heavy atom. The zero-order valence-electron chi connectivity index (χ0n) is 13.8. The molecule has 0 bridgehead atoms.